The largest absolute Gasteiger partial charge is 0.491 e. The molecule has 0 saturated carbocycles. The van der Waals surface area contributed by atoms with Crippen molar-refractivity contribution in [3.05, 3.63) is 54.0 Å². The lowest BCUT2D eigenvalue weighted by Gasteiger charge is -2.16. The molecule has 4 heteroatoms. The Bertz CT molecular complexity index is 590. The van der Waals surface area contributed by atoms with Crippen molar-refractivity contribution in [2.45, 2.75) is 45.8 Å². The number of carbonyl (C=O) groups excluding carboxylic acids is 1. The Morgan fingerprint density at radius 1 is 1.23 bits per heavy atom. The van der Waals surface area contributed by atoms with Gasteiger partial charge in [0.1, 0.15) is 11.5 Å². The Balaban J connectivity index is 1.88. The second-order valence-electron chi connectivity index (χ2n) is 5.61. The molecule has 2 rings (SSSR count). The maximum Gasteiger partial charge on any atom is 0.220 e. The van der Waals surface area contributed by atoms with E-state index in [4.69, 9.17) is 9.15 Å². The fraction of sp³-hybridized carbons (Fsp3) is 0.389. The number of benzene rings is 1. The first kappa shape index (κ1) is 16.1. The fourth-order valence-corrected chi connectivity index (χ4v) is 2.22. The van der Waals surface area contributed by atoms with Crippen LogP contribution in [0.25, 0.3) is 0 Å². The molecule has 0 fully saturated rings. The van der Waals surface area contributed by atoms with Crippen molar-refractivity contribution < 1.29 is 13.9 Å². The summed E-state index contributed by atoms with van der Waals surface area (Å²) in [5.41, 5.74) is 1.03. The maximum atomic E-state index is 12.0. The van der Waals surface area contributed by atoms with E-state index in [1.54, 1.807) is 6.26 Å². The number of amides is 1. The van der Waals surface area contributed by atoms with E-state index in [2.05, 4.69) is 5.32 Å². The SMILES string of the molecule is CC(C)Oc1cccc([C@@H](C)NC(=O)CCc2ccco2)c1. The van der Waals surface area contributed by atoms with Crippen molar-refractivity contribution >= 4 is 5.91 Å². The molecule has 118 valence electrons. The van der Waals surface area contributed by atoms with E-state index in [1.807, 2.05) is 57.2 Å². The molecule has 1 aromatic heterocycles. The van der Waals surface area contributed by atoms with Gasteiger partial charge in [-0.2, -0.15) is 0 Å². The number of carbonyl (C=O) groups is 1. The van der Waals surface area contributed by atoms with E-state index in [0.29, 0.717) is 12.8 Å². The van der Waals surface area contributed by atoms with E-state index in [9.17, 15) is 4.79 Å². The van der Waals surface area contributed by atoms with E-state index < -0.39 is 0 Å². The molecule has 0 unspecified atom stereocenters. The zero-order chi connectivity index (χ0) is 15.9. The molecule has 0 saturated heterocycles. The molecule has 0 aliphatic carbocycles. The summed E-state index contributed by atoms with van der Waals surface area (Å²) in [6.07, 6.45) is 2.78. The summed E-state index contributed by atoms with van der Waals surface area (Å²) in [6, 6.07) is 11.5. The summed E-state index contributed by atoms with van der Waals surface area (Å²) in [5.74, 6) is 1.67. The lowest BCUT2D eigenvalue weighted by molar-refractivity contribution is -0.121. The van der Waals surface area contributed by atoms with Gasteiger partial charge in [0.15, 0.2) is 0 Å². The Kier molecular flexibility index (Phi) is 5.64. The van der Waals surface area contributed by atoms with Gasteiger partial charge in [-0.1, -0.05) is 12.1 Å². The number of hydrogen-bond acceptors (Lipinski definition) is 3. The molecule has 1 N–H and O–H groups in total. The lowest BCUT2D eigenvalue weighted by atomic mass is 10.1. The minimum absolute atomic E-state index is 0.0130. The van der Waals surface area contributed by atoms with Gasteiger partial charge in [0, 0.05) is 12.8 Å². The third kappa shape index (κ3) is 4.95. The van der Waals surface area contributed by atoms with Gasteiger partial charge in [0.2, 0.25) is 5.91 Å². The highest BCUT2D eigenvalue weighted by molar-refractivity contribution is 5.76. The van der Waals surface area contributed by atoms with Crippen LogP contribution in [0.5, 0.6) is 5.75 Å². The topological polar surface area (TPSA) is 51.5 Å². The smallest absolute Gasteiger partial charge is 0.220 e. The molecule has 1 aromatic carbocycles. The van der Waals surface area contributed by atoms with Gasteiger partial charge in [0.25, 0.3) is 0 Å². The van der Waals surface area contributed by atoms with Crippen LogP contribution in [0.15, 0.2) is 47.1 Å². The molecule has 1 amide bonds. The lowest BCUT2D eigenvalue weighted by Crippen LogP contribution is -2.26. The first-order valence-electron chi connectivity index (χ1n) is 7.63. The fourth-order valence-electron chi connectivity index (χ4n) is 2.22. The standard InChI is InChI=1S/C18H23NO3/c1-13(2)22-17-7-4-6-15(12-17)14(3)19-18(20)10-9-16-8-5-11-21-16/h4-8,11-14H,9-10H2,1-3H3,(H,19,20)/t14-/m1/s1. The number of ether oxygens (including phenoxy) is 1. The summed E-state index contributed by atoms with van der Waals surface area (Å²) in [6.45, 7) is 5.96. The van der Waals surface area contributed by atoms with Crippen LogP contribution in [0.1, 0.15) is 44.6 Å². The molecule has 0 aliphatic heterocycles. The number of furan rings is 1. The zero-order valence-corrected chi connectivity index (χ0v) is 13.3. The van der Waals surface area contributed by atoms with Crippen LogP contribution in [0.2, 0.25) is 0 Å². The Morgan fingerprint density at radius 2 is 2.05 bits per heavy atom. The molecule has 4 nitrogen and oxygen atoms in total. The quantitative estimate of drug-likeness (QED) is 0.844. The second kappa shape index (κ2) is 7.69. The normalized spacial score (nSPS) is 12.2. The van der Waals surface area contributed by atoms with Crippen LogP contribution in [0.3, 0.4) is 0 Å². The molecule has 1 heterocycles. The van der Waals surface area contributed by atoms with Crippen molar-refractivity contribution in [3.63, 3.8) is 0 Å². The Hall–Kier alpha value is -2.23. The first-order chi connectivity index (χ1) is 10.5. The maximum absolute atomic E-state index is 12.0. The van der Waals surface area contributed by atoms with Gasteiger partial charge in [-0.25, -0.2) is 0 Å². The highest BCUT2D eigenvalue weighted by atomic mass is 16.5. The molecule has 1 atom stereocenters. The highest BCUT2D eigenvalue weighted by Crippen LogP contribution is 2.20. The van der Waals surface area contributed by atoms with Crippen LogP contribution < -0.4 is 10.1 Å². The van der Waals surface area contributed by atoms with Gasteiger partial charge in [-0.15, -0.1) is 0 Å². The van der Waals surface area contributed by atoms with Crippen LogP contribution in [-0.4, -0.2) is 12.0 Å². The van der Waals surface area contributed by atoms with E-state index in [-0.39, 0.29) is 18.1 Å². The van der Waals surface area contributed by atoms with E-state index in [0.717, 1.165) is 17.1 Å². The van der Waals surface area contributed by atoms with E-state index in [1.165, 1.54) is 0 Å². The second-order valence-corrected chi connectivity index (χ2v) is 5.61. The van der Waals surface area contributed by atoms with Crippen LogP contribution in [0.4, 0.5) is 0 Å². The minimum atomic E-state index is -0.0557. The Labute approximate surface area is 131 Å². The average molecular weight is 301 g/mol. The first-order valence-corrected chi connectivity index (χ1v) is 7.63. The van der Waals surface area contributed by atoms with Gasteiger partial charge < -0.3 is 14.5 Å². The predicted molar refractivity (Wildman–Crippen MR) is 85.8 cm³/mol. The summed E-state index contributed by atoms with van der Waals surface area (Å²) in [4.78, 5) is 12.0. The van der Waals surface area contributed by atoms with Crippen LogP contribution >= 0.6 is 0 Å². The third-order valence-electron chi connectivity index (χ3n) is 3.29. The zero-order valence-electron chi connectivity index (χ0n) is 13.3. The number of hydrogen-bond donors (Lipinski definition) is 1. The van der Waals surface area contributed by atoms with Crippen molar-refractivity contribution in [2.24, 2.45) is 0 Å². The molecule has 2 aromatic rings. The summed E-state index contributed by atoms with van der Waals surface area (Å²) in [5, 5.41) is 3.00. The van der Waals surface area contributed by atoms with Gasteiger partial charge in [0.05, 0.1) is 18.4 Å². The predicted octanol–water partition coefficient (Wildman–Crippen LogP) is 3.88. The number of nitrogens with one attached hydrogen (secondary N) is 1. The number of rotatable bonds is 7. The summed E-state index contributed by atoms with van der Waals surface area (Å²) in [7, 11) is 0. The van der Waals surface area contributed by atoms with Crippen LogP contribution in [-0.2, 0) is 11.2 Å². The minimum Gasteiger partial charge on any atom is -0.491 e. The van der Waals surface area contributed by atoms with Gasteiger partial charge in [-0.05, 0) is 50.6 Å². The Morgan fingerprint density at radius 3 is 2.73 bits per heavy atom. The molecule has 22 heavy (non-hydrogen) atoms. The van der Waals surface area contributed by atoms with Crippen molar-refractivity contribution in [1.29, 1.82) is 0 Å². The van der Waals surface area contributed by atoms with Crippen LogP contribution in [0, 0.1) is 0 Å². The summed E-state index contributed by atoms with van der Waals surface area (Å²) < 4.78 is 10.9. The van der Waals surface area contributed by atoms with Gasteiger partial charge >= 0.3 is 0 Å². The number of aryl methyl sites for hydroxylation is 1. The summed E-state index contributed by atoms with van der Waals surface area (Å²) >= 11 is 0. The van der Waals surface area contributed by atoms with Crippen molar-refractivity contribution in [1.82, 2.24) is 5.32 Å². The average Bonchev–Trinajstić information content (AvgIpc) is 2.98. The van der Waals surface area contributed by atoms with Gasteiger partial charge in [-0.3, -0.25) is 4.79 Å². The van der Waals surface area contributed by atoms with Crippen molar-refractivity contribution in [3.8, 4) is 5.75 Å². The highest BCUT2D eigenvalue weighted by Gasteiger charge is 2.11. The molecule has 0 bridgehead atoms. The molecule has 0 radical (unpaired) electrons. The van der Waals surface area contributed by atoms with Crippen molar-refractivity contribution in [2.75, 3.05) is 0 Å². The molecular weight excluding hydrogens is 278 g/mol. The van der Waals surface area contributed by atoms with E-state index >= 15 is 0 Å². The molecule has 0 aliphatic rings. The monoisotopic (exact) mass is 301 g/mol. The third-order valence-corrected chi connectivity index (χ3v) is 3.29. The molecular formula is C18H23NO3. The molecule has 0 spiro atoms.